The van der Waals surface area contributed by atoms with Crippen LogP contribution in [0.15, 0.2) is 24.3 Å². The van der Waals surface area contributed by atoms with E-state index >= 15 is 0 Å². The number of nitrogens with zero attached hydrogens (tertiary/aromatic N) is 1. The maximum absolute atomic E-state index is 12.7. The van der Waals surface area contributed by atoms with E-state index in [2.05, 4.69) is 22.3 Å². The van der Waals surface area contributed by atoms with E-state index in [1.165, 1.54) is 50.9 Å². The number of nitrogens with two attached hydrogens (primary N) is 1. The van der Waals surface area contributed by atoms with Gasteiger partial charge in [0.25, 0.3) is 0 Å². The van der Waals surface area contributed by atoms with Gasteiger partial charge in [-0.1, -0.05) is 25.0 Å². The average Bonchev–Trinajstić information content (AvgIpc) is 3.27. The van der Waals surface area contributed by atoms with Gasteiger partial charge in [0.2, 0.25) is 11.8 Å². The predicted molar refractivity (Wildman–Crippen MR) is 106 cm³/mol. The van der Waals surface area contributed by atoms with Crippen molar-refractivity contribution in [3.8, 4) is 0 Å². The van der Waals surface area contributed by atoms with Crippen LogP contribution in [0.25, 0.3) is 0 Å². The lowest BCUT2D eigenvalue weighted by molar-refractivity contribution is -0.131. The number of rotatable bonds is 6. The van der Waals surface area contributed by atoms with Crippen molar-refractivity contribution in [1.82, 2.24) is 4.90 Å². The normalized spacial score (nSPS) is 27.3. The van der Waals surface area contributed by atoms with Gasteiger partial charge in [0.1, 0.15) is 0 Å². The molecular formula is C22H31N3O2. The Hall–Kier alpha value is -1.88. The largest absolute Gasteiger partial charge is 0.369 e. The molecule has 3 fully saturated rings. The minimum atomic E-state index is -0.345. The first kappa shape index (κ1) is 18.5. The highest BCUT2D eigenvalue weighted by molar-refractivity contribution is 5.95. The van der Waals surface area contributed by atoms with Gasteiger partial charge in [-0.15, -0.1) is 0 Å². The molecule has 4 rings (SSSR count). The van der Waals surface area contributed by atoms with Crippen molar-refractivity contribution in [2.24, 2.45) is 17.6 Å². The Morgan fingerprint density at radius 3 is 2.22 bits per heavy atom. The van der Waals surface area contributed by atoms with E-state index in [4.69, 9.17) is 5.73 Å². The lowest BCUT2D eigenvalue weighted by Gasteiger charge is -2.28. The maximum atomic E-state index is 12.7. The number of primary amides is 1. The second-order valence-corrected chi connectivity index (χ2v) is 8.73. The topological polar surface area (TPSA) is 75.4 Å². The van der Waals surface area contributed by atoms with E-state index in [0.717, 1.165) is 31.4 Å². The second-order valence-electron chi connectivity index (χ2n) is 8.73. The standard InChI is InChI=1S/C22H31N3O2/c23-20(26)18-5-1-2-6-19(18)21(27)24-17-9-7-16(8-10-17)22(11-12-22)15-25-13-3-4-14-25/h7-10,18-19H,1-6,11-15H2,(H2,23,26)(H,24,27). The fourth-order valence-electron chi connectivity index (χ4n) is 4.99. The average molecular weight is 370 g/mol. The van der Waals surface area contributed by atoms with Crippen LogP contribution in [0.1, 0.15) is 56.9 Å². The van der Waals surface area contributed by atoms with Gasteiger partial charge in [-0.3, -0.25) is 9.59 Å². The van der Waals surface area contributed by atoms with Crippen LogP contribution in [0.4, 0.5) is 5.69 Å². The van der Waals surface area contributed by atoms with Crippen molar-refractivity contribution >= 4 is 17.5 Å². The molecule has 2 atom stereocenters. The summed E-state index contributed by atoms with van der Waals surface area (Å²) in [5.41, 5.74) is 8.04. The first-order chi connectivity index (χ1) is 13.1. The van der Waals surface area contributed by atoms with Crippen LogP contribution in [-0.2, 0) is 15.0 Å². The van der Waals surface area contributed by atoms with Gasteiger partial charge < -0.3 is 16.0 Å². The highest BCUT2D eigenvalue weighted by atomic mass is 16.2. The molecule has 2 amide bonds. The molecule has 3 N–H and O–H groups in total. The van der Waals surface area contributed by atoms with Crippen LogP contribution in [0.3, 0.4) is 0 Å². The van der Waals surface area contributed by atoms with Crippen molar-refractivity contribution in [3.05, 3.63) is 29.8 Å². The number of hydrogen-bond acceptors (Lipinski definition) is 3. The summed E-state index contributed by atoms with van der Waals surface area (Å²) in [6.45, 7) is 3.64. The zero-order valence-corrected chi connectivity index (χ0v) is 16.1. The SMILES string of the molecule is NC(=O)C1CCCCC1C(=O)Nc1ccc(C2(CN3CCCC3)CC2)cc1. The van der Waals surface area contributed by atoms with Gasteiger partial charge >= 0.3 is 0 Å². The van der Waals surface area contributed by atoms with Crippen LogP contribution in [0, 0.1) is 11.8 Å². The highest BCUT2D eigenvalue weighted by Crippen LogP contribution is 2.49. The van der Waals surface area contributed by atoms with Crippen LogP contribution in [-0.4, -0.2) is 36.3 Å². The van der Waals surface area contributed by atoms with Gasteiger partial charge in [0.05, 0.1) is 0 Å². The summed E-state index contributed by atoms with van der Waals surface area (Å²) in [6.07, 6.45) is 8.62. The quantitative estimate of drug-likeness (QED) is 0.809. The molecule has 0 aromatic heterocycles. The molecule has 0 radical (unpaired) electrons. The molecule has 0 spiro atoms. The van der Waals surface area contributed by atoms with Gasteiger partial charge in [0.15, 0.2) is 0 Å². The molecular weight excluding hydrogens is 338 g/mol. The van der Waals surface area contributed by atoms with Crippen molar-refractivity contribution in [2.45, 2.75) is 56.8 Å². The zero-order chi connectivity index (χ0) is 18.9. The third kappa shape index (κ3) is 4.03. The Morgan fingerprint density at radius 1 is 1.00 bits per heavy atom. The van der Waals surface area contributed by atoms with E-state index in [0.29, 0.717) is 5.41 Å². The summed E-state index contributed by atoms with van der Waals surface area (Å²) in [6, 6.07) is 8.37. The van der Waals surface area contributed by atoms with E-state index in [1.54, 1.807) is 0 Å². The molecule has 5 nitrogen and oxygen atoms in total. The van der Waals surface area contributed by atoms with Crippen molar-refractivity contribution in [2.75, 3.05) is 25.0 Å². The minimum Gasteiger partial charge on any atom is -0.369 e. The van der Waals surface area contributed by atoms with Gasteiger partial charge in [0, 0.05) is 29.5 Å². The number of benzene rings is 1. The van der Waals surface area contributed by atoms with Gasteiger partial charge in [-0.05, 0) is 69.3 Å². The van der Waals surface area contributed by atoms with Crippen molar-refractivity contribution in [1.29, 1.82) is 0 Å². The molecule has 0 bridgehead atoms. The maximum Gasteiger partial charge on any atom is 0.228 e. The third-order valence-electron chi connectivity index (χ3n) is 6.81. The van der Waals surface area contributed by atoms with Gasteiger partial charge in [-0.2, -0.15) is 0 Å². The molecule has 2 saturated carbocycles. The van der Waals surface area contributed by atoms with Crippen molar-refractivity contribution < 1.29 is 9.59 Å². The number of hydrogen-bond donors (Lipinski definition) is 2. The fraction of sp³-hybridized carbons (Fsp3) is 0.636. The van der Waals surface area contributed by atoms with Gasteiger partial charge in [-0.25, -0.2) is 0 Å². The smallest absolute Gasteiger partial charge is 0.228 e. The molecule has 146 valence electrons. The first-order valence-electron chi connectivity index (χ1n) is 10.5. The molecule has 2 unspecified atom stereocenters. The molecule has 5 heteroatoms. The summed E-state index contributed by atoms with van der Waals surface area (Å²) in [5.74, 6) is -1.03. The number of anilines is 1. The predicted octanol–water partition coefficient (Wildman–Crippen LogP) is 3.04. The number of carbonyl (C=O) groups excluding carboxylic acids is 2. The number of nitrogens with one attached hydrogen (secondary N) is 1. The Kier molecular flexibility index (Phi) is 5.22. The minimum absolute atomic E-state index is 0.0653. The number of amides is 2. The second kappa shape index (κ2) is 7.63. The lowest BCUT2D eigenvalue weighted by Crippen LogP contribution is -2.39. The molecule has 2 aliphatic carbocycles. The molecule has 1 aromatic carbocycles. The summed E-state index contributed by atoms with van der Waals surface area (Å²) < 4.78 is 0. The summed E-state index contributed by atoms with van der Waals surface area (Å²) in [5, 5.41) is 3.01. The fourth-order valence-corrected chi connectivity index (χ4v) is 4.99. The molecule has 27 heavy (non-hydrogen) atoms. The first-order valence-corrected chi connectivity index (χ1v) is 10.5. The van der Waals surface area contributed by atoms with Crippen molar-refractivity contribution in [3.63, 3.8) is 0 Å². The number of likely N-dealkylation sites (tertiary alicyclic amines) is 1. The van der Waals surface area contributed by atoms with E-state index in [9.17, 15) is 9.59 Å². The molecule has 1 heterocycles. The monoisotopic (exact) mass is 369 g/mol. The summed E-state index contributed by atoms with van der Waals surface area (Å²) in [4.78, 5) is 26.9. The number of carbonyl (C=O) groups is 2. The third-order valence-corrected chi connectivity index (χ3v) is 6.81. The Balaban J connectivity index is 1.39. The highest BCUT2D eigenvalue weighted by Gasteiger charge is 2.45. The van der Waals surface area contributed by atoms with E-state index in [1.807, 2.05) is 12.1 Å². The molecule has 1 saturated heterocycles. The van der Waals surface area contributed by atoms with E-state index < -0.39 is 0 Å². The molecule has 3 aliphatic rings. The molecule has 1 aliphatic heterocycles. The molecule has 1 aromatic rings. The Labute approximate surface area is 161 Å². The zero-order valence-electron chi connectivity index (χ0n) is 16.1. The van der Waals surface area contributed by atoms with Crippen LogP contribution >= 0.6 is 0 Å². The summed E-state index contributed by atoms with van der Waals surface area (Å²) in [7, 11) is 0. The Bertz CT molecular complexity index is 690. The van der Waals surface area contributed by atoms with E-state index in [-0.39, 0.29) is 23.7 Å². The van der Waals surface area contributed by atoms with Crippen LogP contribution in [0.2, 0.25) is 0 Å². The lowest BCUT2D eigenvalue weighted by atomic mass is 9.78. The Morgan fingerprint density at radius 2 is 1.63 bits per heavy atom. The summed E-state index contributed by atoms with van der Waals surface area (Å²) >= 11 is 0. The van der Waals surface area contributed by atoms with Crippen LogP contribution in [0.5, 0.6) is 0 Å². The van der Waals surface area contributed by atoms with Crippen LogP contribution < -0.4 is 11.1 Å².